The van der Waals surface area contributed by atoms with Crippen LogP contribution < -0.4 is 10.1 Å². The Morgan fingerprint density at radius 2 is 2.00 bits per heavy atom. The minimum atomic E-state index is 0.0992. The minimum absolute atomic E-state index is 0.0992. The third kappa shape index (κ3) is 3.70. The summed E-state index contributed by atoms with van der Waals surface area (Å²) < 4.78 is 6.03. The summed E-state index contributed by atoms with van der Waals surface area (Å²) in [6.45, 7) is 11.1. The molecule has 0 atom stereocenters. The molecule has 108 valence electrons. The average Bonchev–Trinajstić information content (AvgIpc) is 2.43. The number of aryl methyl sites for hydroxylation is 1. The molecule has 1 N–H and O–H groups in total. The molecule has 3 nitrogen and oxygen atoms in total. The molecule has 1 heterocycles. The van der Waals surface area contributed by atoms with Crippen molar-refractivity contribution in [2.75, 3.05) is 19.7 Å². The van der Waals surface area contributed by atoms with E-state index in [2.05, 4.69) is 43.2 Å². The second-order valence-electron chi connectivity index (χ2n) is 6.01. The smallest absolute Gasteiger partial charge is 0.145 e. The van der Waals surface area contributed by atoms with E-state index < -0.39 is 0 Å². The molecule has 3 heteroatoms. The normalized spacial score (nSPS) is 11.8. The van der Waals surface area contributed by atoms with Crippen molar-refractivity contribution < 1.29 is 4.74 Å². The molecule has 2 rings (SSSR count). The Morgan fingerprint density at radius 1 is 1.20 bits per heavy atom. The van der Waals surface area contributed by atoms with Crippen molar-refractivity contribution in [3.05, 3.63) is 36.0 Å². The van der Waals surface area contributed by atoms with Gasteiger partial charge in [0, 0.05) is 23.0 Å². The lowest BCUT2D eigenvalue weighted by molar-refractivity contribution is 0.178. The number of fused-ring (bicyclic) bond motifs is 1. The van der Waals surface area contributed by atoms with Crippen LogP contribution in [0.5, 0.6) is 5.75 Å². The van der Waals surface area contributed by atoms with Gasteiger partial charge in [-0.15, -0.1) is 0 Å². The molecule has 0 amide bonds. The fourth-order valence-corrected chi connectivity index (χ4v) is 2.12. The monoisotopic (exact) mass is 272 g/mol. The fraction of sp³-hybridized carbons (Fsp3) is 0.471. The zero-order valence-electron chi connectivity index (χ0n) is 12.9. The van der Waals surface area contributed by atoms with E-state index in [0.29, 0.717) is 6.61 Å². The van der Waals surface area contributed by atoms with Gasteiger partial charge in [-0.2, -0.15) is 0 Å². The van der Waals surface area contributed by atoms with Crippen LogP contribution in [0.25, 0.3) is 10.9 Å². The second-order valence-corrected chi connectivity index (χ2v) is 6.01. The molecule has 0 unspecified atom stereocenters. The summed E-state index contributed by atoms with van der Waals surface area (Å²) >= 11 is 0. The number of hydrogen-bond acceptors (Lipinski definition) is 3. The summed E-state index contributed by atoms with van der Waals surface area (Å²) in [6.07, 6.45) is 0. The summed E-state index contributed by atoms with van der Waals surface area (Å²) in [5.41, 5.74) is 2.06. The molecule has 0 aliphatic rings. The van der Waals surface area contributed by atoms with Crippen LogP contribution in [0.1, 0.15) is 26.5 Å². The highest BCUT2D eigenvalue weighted by molar-refractivity contribution is 5.84. The largest absolute Gasteiger partial charge is 0.491 e. The SMILES string of the molecule is CCNCC(C)(C)COc1cccc2ccc(C)nc12. The Balaban J connectivity index is 2.15. The van der Waals surface area contributed by atoms with Gasteiger partial charge in [0.15, 0.2) is 0 Å². The van der Waals surface area contributed by atoms with Gasteiger partial charge >= 0.3 is 0 Å². The van der Waals surface area contributed by atoms with Crippen LogP contribution in [0.4, 0.5) is 0 Å². The number of hydrogen-bond donors (Lipinski definition) is 1. The Morgan fingerprint density at radius 3 is 2.75 bits per heavy atom. The summed E-state index contributed by atoms with van der Waals surface area (Å²) in [4.78, 5) is 4.60. The Hall–Kier alpha value is -1.61. The van der Waals surface area contributed by atoms with Crippen LogP contribution >= 0.6 is 0 Å². The van der Waals surface area contributed by atoms with Crippen LogP contribution in [0.3, 0.4) is 0 Å². The number of rotatable bonds is 6. The third-order valence-corrected chi connectivity index (χ3v) is 3.29. The third-order valence-electron chi connectivity index (χ3n) is 3.29. The van der Waals surface area contributed by atoms with Gasteiger partial charge < -0.3 is 10.1 Å². The molecule has 0 radical (unpaired) electrons. The lowest BCUT2D eigenvalue weighted by atomic mass is 9.95. The topological polar surface area (TPSA) is 34.1 Å². The van der Waals surface area contributed by atoms with E-state index in [0.717, 1.165) is 35.4 Å². The zero-order valence-corrected chi connectivity index (χ0v) is 12.9. The Kier molecular flexibility index (Phi) is 4.61. The van der Waals surface area contributed by atoms with E-state index in [1.165, 1.54) is 0 Å². The number of aromatic nitrogens is 1. The lowest BCUT2D eigenvalue weighted by Gasteiger charge is -2.25. The van der Waals surface area contributed by atoms with Crippen LogP contribution in [0.15, 0.2) is 30.3 Å². The van der Waals surface area contributed by atoms with E-state index in [1.54, 1.807) is 0 Å². The predicted octanol–water partition coefficient (Wildman–Crippen LogP) is 3.56. The molecule has 0 spiro atoms. The van der Waals surface area contributed by atoms with Crippen LogP contribution in [0.2, 0.25) is 0 Å². The first kappa shape index (κ1) is 14.8. The molecule has 0 aliphatic heterocycles. The van der Waals surface area contributed by atoms with Crippen molar-refractivity contribution in [1.82, 2.24) is 10.3 Å². The van der Waals surface area contributed by atoms with Gasteiger partial charge in [-0.3, -0.25) is 0 Å². The number of para-hydroxylation sites is 1. The molecule has 1 aromatic carbocycles. The van der Waals surface area contributed by atoms with Crippen molar-refractivity contribution in [3.63, 3.8) is 0 Å². The maximum atomic E-state index is 6.03. The second kappa shape index (κ2) is 6.23. The Bertz CT molecular complexity index is 578. The van der Waals surface area contributed by atoms with Crippen LogP contribution in [0, 0.1) is 12.3 Å². The summed E-state index contributed by atoms with van der Waals surface area (Å²) in [7, 11) is 0. The molecular weight excluding hydrogens is 248 g/mol. The standard InChI is InChI=1S/C17H24N2O/c1-5-18-11-17(3,4)12-20-15-8-6-7-14-10-9-13(2)19-16(14)15/h6-10,18H,5,11-12H2,1-4H3. The minimum Gasteiger partial charge on any atom is -0.491 e. The van der Waals surface area contributed by atoms with E-state index in [1.807, 2.05) is 25.1 Å². The number of ether oxygens (including phenoxy) is 1. The molecule has 1 aromatic heterocycles. The molecule has 0 bridgehead atoms. The molecule has 0 aliphatic carbocycles. The van der Waals surface area contributed by atoms with E-state index >= 15 is 0 Å². The average molecular weight is 272 g/mol. The predicted molar refractivity (Wildman–Crippen MR) is 84.3 cm³/mol. The van der Waals surface area contributed by atoms with Crippen molar-refractivity contribution >= 4 is 10.9 Å². The number of nitrogens with one attached hydrogen (secondary N) is 1. The van der Waals surface area contributed by atoms with E-state index in [-0.39, 0.29) is 5.41 Å². The van der Waals surface area contributed by atoms with E-state index in [4.69, 9.17) is 4.74 Å². The Labute approximate surface area is 121 Å². The number of pyridine rings is 1. The van der Waals surface area contributed by atoms with Gasteiger partial charge in [-0.25, -0.2) is 4.98 Å². The highest BCUT2D eigenvalue weighted by Crippen LogP contribution is 2.26. The van der Waals surface area contributed by atoms with Crippen molar-refractivity contribution in [2.24, 2.45) is 5.41 Å². The molecule has 0 fully saturated rings. The fourth-order valence-electron chi connectivity index (χ4n) is 2.12. The number of nitrogens with zero attached hydrogens (tertiary/aromatic N) is 1. The van der Waals surface area contributed by atoms with Gasteiger partial charge in [0.25, 0.3) is 0 Å². The molecule has 2 aromatic rings. The first-order valence-electron chi connectivity index (χ1n) is 7.22. The van der Waals surface area contributed by atoms with Gasteiger partial charge in [0.1, 0.15) is 11.3 Å². The lowest BCUT2D eigenvalue weighted by Crippen LogP contribution is -2.34. The van der Waals surface area contributed by atoms with Gasteiger partial charge in [-0.05, 0) is 25.6 Å². The van der Waals surface area contributed by atoms with Gasteiger partial charge in [0.2, 0.25) is 0 Å². The first-order chi connectivity index (χ1) is 9.52. The molecule has 0 saturated heterocycles. The highest BCUT2D eigenvalue weighted by atomic mass is 16.5. The summed E-state index contributed by atoms with van der Waals surface area (Å²) in [5.74, 6) is 0.871. The molecule has 0 saturated carbocycles. The molecule has 20 heavy (non-hydrogen) atoms. The van der Waals surface area contributed by atoms with Crippen molar-refractivity contribution in [3.8, 4) is 5.75 Å². The quantitative estimate of drug-likeness (QED) is 0.873. The summed E-state index contributed by atoms with van der Waals surface area (Å²) in [6, 6.07) is 10.2. The maximum absolute atomic E-state index is 6.03. The van der Waals surface area contributed by atoms with Gasteiger partial charge in [-0.1, -0.05) is 39.0 Å². The summed E-state index contributed by atoms with van der Waals surface area (Å²) in [5, 5.41) is 4.50. The number of benzene rings is 1. The van der Waals surface area contributed by atoms with Crippen molar-refractivity contribution in [2.45, 2.75) is 27.7 Å². The maximum Gasteiger partial charge on any atom is 0.145 e. The van der Waals surface area contributed by atoms with Crippen LogP contribution in [-0.4, -0.2) is 24.7 Å². The van der Waals surface area contributed by atoms with E-state index in [9.17, 15) is 0 Å². The van der Waals surface area contributed by atoms with Gasteiger partial charge in [0.05, 0.1) is 6.61 Å². The zero-order chi connectivity index (χ0) is 14.6. The highest BCUT2D eigenvalue weighted by Gasteiger charge is 2.18. The van der Waals surface area contributed by atoms with Crippen molar-refractivity contribution in [1.29, 1.82) is 0 Å². The molecular formula is C17H24N2O. The first-order valence-corrected chi connectivity index (χ1v) is 7.22. The van der Waals surface area contributed by atoms with Crippen LogP contribution in [-0.2, 0) is 0 Å².